The van der Waals surface area contributed by atoms with Gasteiger partial charge in [0.2, 0.25) is 5.82 Å². The number of para-hydroxylation sites is 1. The van der Waals surface area contributed by atoms with Crippen LogP contribution in [-0.4, -0.2) is 21.1 Å². The summed E-state index contributed by atoms with van der Waals surface area (Å²) in [6, 6.07) is 5.89. The highest BCUT2D eigenvalue weighted by atomic mass is 16.2. The van der Waals surface area contributed by atoms with Crippen LogP contribution in [0.5, 0.6) is 0 Å². The Morgan fingerprint density at radius 3 is 2.63 bits per heavy atom. The van der Waals surface area contributed by atoms with Crippen molar-refractivity contribution in [1.29, 1.82) is 0 Å². The molecule has 0 saturated carbocycles. The van der Waals surface area contributed by atoms with Crippen molar-refractivity contribution >= 4 is 11.6 Å². The molecule has 0 atom stereocenters. The van der Waals surface area contributed by atoms with Crippen LogP contribution in [0.1, 0.15) is 40.9 Å². The van der Waals surface area contributed by atoms with Gasteiger partial charge in [-0.05, 0) is 31.4 Å². The van der Waals surface area contributed by atoms with Crippen LogP contribution < -0.4 is 5.32 Å². The molecule has 1 aromatic carbocycles. The van der Waals surface area contributed by atoms with Crippen LogP contribution in [0.25, 0.3) is 0 Å². The fourth-order valence-electron chi connectivity index (χ4n) is 1.93. The number of carbonyl (C=O) groups is 1. The van der Waals surface area contributed by atoms with Crippen molar-refractivity contribution in [1.82, 2.24) is 15.2 Å². The number of amides is 1. The molecule has 0 aliphatic heterocycles. The molecule has 0 aliphatic carbocycles. The van der Waals surface area contributed by atoms with Crippen LogP contribution in [0.15, 0.2) is 18.2 Å². The maximum Gasteiger partial charge on any atom is 0.295 e. The van der Waals surface area contributed by atoms with E-state index in [9.17, 15) is 4.79 Å². The average Bonchev–Trinajstić information content (AvgIpc) is 2.83. The summed E-state index contributed by atoms with van der Waals surface area (Å²) in [6.07, 6.45) is 1.76. The number of hydrogen-bond acceptors (Lipinski definition) is 3. The van der Waals surface area contributed by atoms with E-state index < -0.39 is 0 Å². The zero-order valence-corrected chi connectivity index (χ0v) is 11.4. The number of nitrogens with one attached hydrogen (secondary N) is 2. The number of hydrogen-bond donors (Lipinski definition) is 2. The van der Waals surface area contributed by atoms with E-state index in [-0.39, 0.29) is 11.7 Å². The molecule has 5 heteroatoms. The Labute approximate surface area is 112 Å². The normalized spacial score (nSPS) is 10.5. The van der Waals surface area contributed by atoms with Crippen LogP contribution >= 0.6 is 0 Å². The zero-order chi connectivity index (χ0) is 13.8. The Balaban J connectivity index is 2.16. The topological polar surface area (TPSA) is 70.7 Å². The van der Waals surface area contributed by atoms with E-state index in [2.05, 4.69) is 27.4 Å². The highest BCUT2D eigenvalue weighted by Crippen LogP contribution is 2.19. The van der Waals surface area contributed by atoms with Crippen molar-refractivity contribution in [2.24, 2.45) is 0 Å². The number of nitrogens with zero attached hydrogens (tertiary/aromatic N) is 2. The third-order valence-corrected chi connectivity index (χ3v) is 2.94. The SMILES string of the molecule is CCCc1nc(C(=O)Nc2c(C)cccc2C)n[nH]1. The van der Waals surface area contributed by atoms with Gasteiger partial charge in [-0.25, -0.2) is 4.98 Å². The van der Waals surface area contributed by atoms with E-state index in [4.69, 9.17) is 0 Å². The van der Waals surface area contributed by atoms with Crippen LogP contribution in [0.4, 0.5) is 5.69 Å². The van der Waals surface area contributed by atoms with Crippen LogP contribution in [-0.2, 0) is 6.42 Å². The average molecular weight is 258 g/mol. The molecular formula is C14H18N4O. The molecule has 19 heavy (non-hydrogen) atoms. The number of aryl methyl sites for hydroxylation is 3. The molecule has 0 fully saturated rings. The van der Waals surface area contributed by atoms with Crippen molar-refractivity contribution in [2.75, 3.05) is 5.32 Å². The smallest absolute Gasteiger partial charge is 0.295 e. The van der Waals surface area contributed by atoms with E-state index in [0.717, 1.165) is 35.5 Å². The van der Waals surface area contributed by atoms with Gasteiger partial charge in [0.1, 0.15) is 5.82 Å². The number of carbonyl (C=O) groups excluding carboxylic acids is 1. The Kier molecular flexibility index (Phi) is 3.94. The summed E-state index contributed by atoms with van der Waals surface area (Å²) in [6.45, 7) is 5.98. The minimum absolute atomic E-state index is 0.186. The standard InChI is InChI=1S/C14H18N4O/c1-4-6-11-15-13(18-17-11)14(19)16-12-9(2)7-5-8-10(12)3/h5,7-8H,4,6H2,1-3H3,(H,16,19)(H,15,17,18). The summed E-state index contributed by atoms with van der Waals surface area (Å²) < 4.78 is 0. The molecule has 0 aliphatic rings. The van der Waals surface area contributed by atoms with Gasteiger partial charge in [-0.15, -0.1) is 5.10 Å². The molecule has 5 nitrogen and oxygen atoms in total. The number of anilines is 1. The van der Waals surface area contributed by atoms with E-state index in [1.165, 1.54) is 0 Å². The number of H-pyrrole nitrogens is 1. The number of aromatic nitrogens is 3. The molecule has 0 spiro atoms. The van der Waals surface area contributed by atoms with Crippen LogP contribution in [0.2, 0.25) is 0 Å². The molecule has 1 amide bonds. The Bertz CT molecular complexity index is 569. The highest BCUT2D eigenvalue weighted by Gasteiger charge is 2.14. The molecule has 0 radical (unpaired) electrons. The number of aromatic amines is 1. The first-order valence-corrected chi connectivity index (χ1v) is 6.40. The summed E-state index contributed by atoms with van der Waals surface area (Å²) in [5.74, 6) is 0.649. The van der Waals surface area contributed by atoms with Gasteiger partial charge in [-0.2, -0.15) is 0 Å². The molecule has 2 N–H and O–H groups in total. The molecule has 1 aromatic heterocycles. The van der Waals surface area contributed by atoms with Crippen molar-refractivity contribution in [3.63, 3.8) is 0 Å². The summed E-state index contributed by atoms with van der Waals surface area (Å²) in [7, 11) is 0. The molecule has 0 bridgehead atoms. The molecule has 100 valence electrons. The van der Waals surface area contributed by atoms with Gasteiger partial charge in [-0.1, -0.05) is 25.1 Å². The second-order valence-corrected chi connectivity index (χ2v) is 4.58. The third kappa shape index (κ3) is 2.99. The Hall–Kier alpha value is -2.17. The van der Waals surface area contributed by atoms with Gasteiger partial charge in [0.05, 0.1) is 0 Å². The second kappa shape index (κ2) is 5.65. The predicted octanol–water partition coefficient (Wildman–Crippen LogP) is 2.63. The monoisotopic (exact) mass is 258 g/mol. The fourth-order valence-corrected chi connectivity index (χ4v) is 1.93. The maximum absolute atomic E-state index is 12.1. The largest absolute Gasteiger partial charge is 0.319 e. The lowest BCUT2D eigenvalue weighted by molar-refractivity contribution is 0.101. The molecule has 2 rings (SSSR count). The van der Waals surface area contributed by atoms with E-state index >= 15 is 0 Å². The van der Waals surface area contributed by atoms with Gasteiger partial charge in [0.25, 0.3) is 5.91 Å². The summed E-state index contributed by atoms with van der Waals surface area (Å²) in [4.78, 5) is 16.3. The summed E-state index contributed by atoms with van der Waals surface area (Å²) in [5.41, 5.74) is 2.88. The Morgan fingerprint density at radius 2 is 2.00 bits per heavy atom. The number of benzene rings is 1. The van der Waals surface area contributed by atoms with Crippen molar-refractivity contribution in [3.05, 3.63) is 41.0 Å². The number of rotatable bonds is 4. The van der Waals surface area contributed by atoms with Gasteiger partial charge < -0.3 is 5.32 Å². The molecular weight excluding hydrogens is 240 g/mol. The van der Waals surface area contributed by atoms with Crippen molar-refractivity contribution in [3.8, 4) is 0 Å². The fraction of sp³-hybridized carbons (Fsp3) is 0.357. The third-order valence-electron chi connectivity index (χ3n) is 2.94. The minimum Gasteiger partial charge on any atom is -0.319 e. The van der Waals surface area contributed by atoms with E-state index in [1.54, 1.807) is 0 Å². The maximum atomic E-state index is 12.1. The predicted molar refractivity (Wildman–Crippen MR) is 74.2 cm³/mol. The second-order valence-electron chi connectivity index (χ2n) is 4.58. The van der Waals surface area contributed by atoms with Crippen LogP contribution in [0, 0.1) is 13.8 Å². The Morgan fingerprint density at radius 1 is 1.32 bits per heavy atom. The molecule has 0 unspecified atom stereocenters. The van der Waals surface area contributed by atoms with Gasteiger partial charge >= 0.3 is 0 Å². The molecule has 1 heterocycles. The van der Waals surface area contributed by atoms with E-state index in [1.807, 2.05) is 32.0 Å². The van der Waals surface area contributed by atoms with Gasteiger partial charge in [0.15, 0.2) is 0 Å². The van der Waals surface area contributed by atoms with Gasteiger partial charge in [0, 0.05) is 12.1 Å². The minimum atomic E-state index is -0.281. The molecule has 2 aromatic rings. The molecule has 0 saturated heterocycles. The first-order chi connectivity index (χ1) is 9.11. The highest BCUT2D eigenvalue weighted by molar-refractivity contribution is 6.02. The summed E-state index contributed by atoms with van der Waals surface area (Å²) in [5, 5.41) is 9.59. The quantitative estimate of drug-likeness (QED) is 0.885. The van der Waals surface area contributed by atoms with E-state index in [0.29, 0.717) is 0 Å². The lowest BCUT2D eigenvalue weighted by atomic mass is 10.1. The lowest BCUT2D eigenvalue weighted by Gasteiger charge is -2.09. The first kappa shape index (κ1) is 13.3. The zero-order valence-electron chi connectivity index (χ0n) is 11.4. The van der Waals surface area contributed by atoms with Gasteiger partial charge in [-0.3, -0.25) is 9.89 Å². The van der Waals surface area contributed by atoms with Crippen molar-refractivity contribution < 1.29 is 4.79 Å². The summed E-state index contributed by atoms with van der Waals surface area (Å²) >= 11 is 0. The van der Waals surface area contributed by atoms with Crippen LogP contribution in [0.3, 0.4) is 0 Å². The van der Waals surface area contributed by atoms with Crippen molar-refractivity contribution in [2.45, 2.75) is 33.6 Å². The lowest BCUT2D eigenvalue weighted by Crippen LogP contribution is -2.15. The first-order valence-electron chi connectivity index (χ1n) is 6.40.